The van der Waals surface area contributed by atoms with Crippen molar-refractivity contribution in [2.75, 3.05) is 11.4 Å². The number of nitrogens with zero attached hydrogens (tertiary/aromatic N) is 1. The molecule has 1 heterocycles. The zero-order valence-corrected chi connectivity index (χ0v) is 11.9. The van der Waals surface area contributed by atoms with Crippen molar-refractivity contribution < 1.29 is 5.11 Å². The van der Waals surface area contributed by atoms with Crippen LogP contribution in [0.15, 0.2) is 54.6 Å². The van der Waals surface area contributed by atoms with E-state index < -0.39 is 0 Å². The first-order valence-electron chi connectivity index (χ1n) is 7.29. The maximum atomic E-state index is 9.96. The first-order chi connectivity index (χ1) is 9.74. The van der Waals surface area contributed by atoms with Gasteiger partial charge >= 0.3 is 0 Å². The second-order valence-electron chi connectivity index (χ2n) is 5.70. The first-order valence-corrected chi connectivity index (χ1v) is 7.29. The number of hydrogen-bond acceptors (Lipinski definition) is 2. The van der Waals surface area contributed by atoms with Crippen molar-refractivity contribution in [1.29, 1.82) is 0 Å². The van der Waals surface area contributed by atoms with E-state index >= 15 is 0 Å². The summed E-state index contributed by atoms with van der Waals surface area (Å²) in [4.78, 5) is 2.39. The highest BCUT2D eigenvalue weighted by Gasteiger charge is 2.26. The second kappa shape index (κ2) is 5.68. The third-order valence-corrected chi connectivity index (χ3v) is 4.17. The van der Waals surface area contributed by atoms with Gasteiger partial charge in [-0.2, -0.15) is 0 Å². The summed E-state index contributed by atoms with van der Waals surface area (Å²) in [6.45, 7) is 3.73. The van der Waals surface area contributed by atoms with E-state index in [4.69, 9.17) is 0 Å². The average molecular weight is 267 g/mol. The van der Waals surface area contributed by atoms with Crippen LogP contribution in [0.5, 0.6) is 0 Å². The van der Waals surface area contributed by atoms with Crippen LogP contribution in [0.4, 0.5) is 5.69 Å². The van der Waals surface area contributed by atoms with Gasteiger partial charge in [0.15, 0.2) is 0 Å². The van der Waals surface area contributed by atoms with Crippen LogP contribution in [0.2, 0.25) is 0 Å². The molecule has 3 rings (SSSR count). The Labute approximate surface area is 120 Å². The van der Waals surface area contributed by atoms with Crippen LogP contribution >= 0.6 is 0 Å². The molecule has 2 nitrogen and oxygen atoms in total. The Morgan fingerprint density at radius 3 is 2.55 bits per heavy atom. The fourth-order valence-corrected chi connectivity index (χ4v) is 3.00. The van der Waals surface area contributed by atoms with E-state index in [0.29, 0.717) is 5.92 Å². The molecular formula is C18H21NO. The standard InChI is InChI=1S/C18H21NO/c1-14(20)17-11-16-9-5-6-10-18(16)19(13-17)12-15-7-3-2-4-8-15/h2-10,14,17,20H,11-13H2,1H3/t14?,17-/m0/s1. The molecule has 0 spiro atoms. The van der Waals surface area contributed by atoms with Gasteiger partial charge in [-0.25, -0.2) is 0 Å². The Balaban J connectivity index is 1.89. The van der Waals surface area contributed by atoms with E-state index in [1.807, 2.05) is 13.0 Å². The van der Waals surface area contributed by atoms with E-state index in [0.717, 1.165) is 19.5 Å². The minimum atomic E-state index is -0.262. The lowest BCUT2D eigenvalue weighted by molar-refractivity contribution is 0.125. The Morgan fingerprint density at radius 2 is 1.80 bits per heavy atom. The molecule has 0 amide bonds. The summed E-state index contributed by atoms with van der Waals surface area (Å²) in [6.07, 6.45) is 0.709. The second-order valence-corrected chi connectivity index (χ2v) is 5.70. The summed E-state index contributed by atoms with van der Waals surface area (Å²) in [5.41, 5.74) is 3.97. The normalized spacial score (nSPS) is 19.5. The number of aliphatic hydroxyl groups excluding tert-OH is 1. The Bertz CT molecular complexity index is 565. The first kappa shape index (κ1) is 13.2. The number of fused-ring (bicyclic) bond motifs is 1. The lowest BCUT2D eigenvalue weighted by atomic mass is 9.89. The molecule has 2 aromatic rings. The number of aliphatic hydroxyl groups is 1. The molecule has 2 aromatic carbocycles. The molecule has 1 unspecified atom stereocenters. The van der Waals surface area contributed by atoms with Crippen molar-refractivity contribution in [2.24, 2.45) is 5.92 Å². The van der Waals surface area contributed by atoms with Gasteiger partial charge in [-0.3, -0.25) is 0 Å². The van der Waals surface area contributed by atoms with Gasteiger partial charge < -0.3 is 10.0 Å². The Hall–Kier alpha value is -1.80. The highest BCUT2D eigenvalue weighted by atomic mass is 16.3. The van der Waals surface area contributed by atoms with Gasteiger partial charge in [-0.1, -0.05) is 48.5 Å². The highest BCUT2D eigenvalue weighted by Crippen LogP contribution is 2.31. The predicted molar refractivity (Wildman–Crippen MR) is 82.8 cm³/mol. The summed E-state index contributed by atoms with van der Waals surface area (Å²) in [5, 5.41) is 9.96. The fraction of sp³-hybridized carbons (Fsp3) is 0.333. The average Bonchev–Trinajstić information content (AvgIpc) is 2.48. The third kappa shape index (κ3) is 2.70. The molecule has 2 atom stereocenters. The summed E-state index contributed by atoms with van der Waals surface area (Å²) in [6, 6.07) is 19.1. The summed E-state index contributed by atoms with van der Waals surface area (Å²) < 4.78 is 0. The largest absolute Gasteiger partial charge is 0.393 e. The van der Waals surface area contributed by atoms with Crippen LogP contribution in [0.3, 0.4) is 0 Å². The lowest BCUT2D eigenvalue weighted by Crippen LogP contribution is -2.39. The molecule has 104 valence electrons. The smallest absolute Gasteiger partial charge is 0.0560 e. The third-order valence-electron chi connectivity index (χ3n) is 4.17. The van der Waals surface area contributed by atoms with Gasteiger partial charge in [-0.05, 0) is 30.5 Å². The van der Waals surface area contributed by atoms with E-state index in [2.05, 4.69) is 53.4 Å². The SMILES string of the molecule is CC(O)[C@H]1Cc2ccccc2N(Cc2ccccc2)C1. The molecule has 0 aliphatic carbocycles. The molecule has 0 bridgehead atoms. The van der Waals surface area contributed by atoms with Gasteiger partial charge in [0.25, 0.3) is 0 Å². The van der Waals surface area contributed by atoms with Crippen molar-refractivity contribution in [3.05, 3.63) is 65.7 Å². The molecule has 20 heavy (non-hydrogen) atoms. The molecule has 1 aliphatic rings. The van der Waals surface area contributed by atoms with Crippen molar-refractivity contribution in [1.82, 2.24) is 0 Å². The number of rotatable bonds is 3. The minimum absolute atomic E-state index is 0.262. The number of anilines is 1. The van der Waals surface area contributed by atoms with Crippen molar-refractivity contribution >= 4 is 5.69 Å². The maximum absolute atomic E-state index is 9.96. The van der Waals surface area contributed by atoms with Crippen molar-refractivity contribution in [3.8, 4) is 0 Å². The lowest BCUT2D eigenvalue weighted by Gasteiger charge is -2.37. The molecular weight excluding hydrogens is 246 g/mol. The molecule has 2 heteroatoms. The molecule has 1 aliphatic heterocycles. The molecule has 1 N–H and O–H groups in total. The van der Waals surface area contributed by atoms with Crippen LogP contribution in [-0.4, -0.2) is 17.8 Å². The predicted octanol–water partition coefficient (Wildman–Crippen LogP) is 3.25. The van der Waals surface area contributed by atoms with E-state index in [9.17, 15) is 5.11 Å². The fourth-order valence-electron chi connectivity index (χ4n) is 3.00. The summed E-state index contributed by atoms with van der Waals surface area (Å²) in [5.74, 6) is 0.314. The quantitative estimate of drug-likeness (QED) is 0.922. The zero-order valence-electron chi connectivity index (χ0n) is 11.9. The zero-order chi connectivity index (χ0) is 13.9. The highest BCUT2D eigenvalue weighted by molar-refractivity contribution is 5.56. The summed E-state index contributed by atoms with van der Waals surface area (Å²) >= 11 is 0. The van der Waals surface area contributed by atoms with Gasteiger partial charge in [0.05, 0.1) is 6.10 Å². The van der Waals surface area contributed by atoms with Crippen LogP contribution in [-0.2, 0) is 13.0 Å². The topological polar surface area (TPSA) is 23.5 Å². The van der Waals surface area contributed by atoms with Crippen molar-refractivity contribution in [3.63, 3.8) is 0 Å². The van der Waals surface area contributed by atoms with Crippen molar-refractivity contribution in [2.45, 2.75) is 26.0 Å². The van der Waals surface area contributed by atoms with Gasteiger partial charge in [0.1, 0.15) is 0 Å². The monoisotopic (exact) mass is 267 g/mol. The van der Waals surface area contributed by atoms with Crippen LogP contribution in [0.1, 0.15) is 18.1 Å². The molecule has 0 aromatic heterocycles. The van der Waals surface area contributed by atoms with Crippen LogP contribution in [0.25, 0.3) is 0 Å². The van der Waals surface area contributed by atoms with E-state index in [1.165, 1.54) is 16.8 Å². The van der Waals surface area contributed by atoms with Crippen LogP contribution in [0, 0.1) is 5.92 Å². The van der Waals surface area contributed by atoms with Gasteiger partial charge in [0, 0.05) is 24.7 Å². The summed E-state index contributed by atoms with van der Waals surface area (Å²) in [7, 11) is 0. The van der Waals surface area contributed by atoms with Gasteiger partial charge in [-0.15, -0.1) is 0 Å². The van der Waals surface area contributed by atoms with Crippen LogP contribution < -0.4 is 4.90 Å². The minimum Gasteiger partial charge on any atom is -0.393 e. The number of hydrogen-bond donors (Lipinski definition) is 1. The number of benzene rings is 2. The Kier molecular flexibility index (Phi) is 3.75. The number of para-hydroxylation sites is 1. The molecule has 0 saturated heterocycles. The Morgan fingerprint density at radius 1 is 1.10 bits per heavy atom. The van der Waals surface area contributed by atoms with E-state index in [-0.39, 0.29) is 6.10 Å². The maximum Gasteiger partial charge on any atom is 0.0560 e. The molecule has 0 radical (unpaired) electrons. The molecule has 0 saturated carbocycles. The molecule has 0 fully saturated rings. The van der Waals surface area contributed by atoms with E-state index in [1.54, 1.807) is 0 Å². The van der Waals surface area contributed by atoms with Gasteiger partial charge in [0.2, 0.25) is 0 Å².